The maximum atomic E-state index is 11.6. The van der Waals surface area contributed by atoms with E-state index < -0.39 is 0 Å². The van der Waals surface area contributed by atoms with E-state index in [-0.39, 0.29) is 30.0 Å². The Morgan fingerprint density at radius 2 is 2.15 bits per heavy atom. The van der Waals surface area contributed by atoms with Gasteiger partial charge in [0.2, 0.25) is 11.8 Å². The van der Waals surface area contributed by atoms with Crippen LogP contribution in [0.4, 0.5) is 5.13 Å². The molecule has 0 atom stereocenters. The van der Waals surface area contributed by atoms with Crippen LogP contribution in [0.5, 0.6) is 0 Å². The second-order valence-corrected chi connectivity index (χ2v) is 6.15. The molecule has 20 heavy (non-hydrogen) atoms. The fourth-order valence-electron chi connectivity index (χ4n) is 1.31. The van der Waals surface area contributed by atoms with Crippen LogP contribution in [0.15, 0.2) is 4.21 Å². The molecule has 0 spiro atoms. The fraction of sp³-hybridized carbons (Fsp3) is 0.545. The molecule has 0 radical (unpaired) electrons. The molecule has 1 aromatic rings. The van der Waals surface area contributed by atoms with Crippen molar-refractivity contribution >= 4 is 52.5 Å². The molecule has 1 aromatic heterocycles. The second kappa shape index (κ2) is 9.98. The maximum Gasteiger partial charge on any atom is 0.227 e. The number of anilines is 1. The lowest BCUT2D eigenvalue weighted by molar-refractivity contribution is -0.116. The number of nitrogens with zero attached hydrogens (tertiary/aromatic N) is 1. The molecule has 1 rings (SSSR count). The monoisotopic (exact) mass is 338 g/mol. The average molecular weight is 339 g/mol. The summed E-state index contributed by atoms with van der Waals surface area (Å²) in [6.07, 6.45) is 1.25. The third-order valence-corrected chi connectivity index (χ3v) is 4.63. The van der Waals surface area contributed by atoms with Crippen LogP contribution in [-0.2, 0) is 9.59 Å². The van der Waals surface area contributed by atoms with Gasteiger partial charge in [-0.2, -0.15) is 0 Å². The van der Waals surface area contributed by atoms with E-state index in [1.165, 1.54) is 23.1 Å². The Hall–Kier alpha value is -0.830. The summed E-state index contributed by atoms with van der Waals surface area (Å²) in [5, 5.41) is 6.32. The predicted molar refractivity (Wildman–Crippen MR) is 85.8 cm³/mol. The third kappa shape index (κ3) is 7.09. The fourth-order valence-corrected chi connectivity index (χ4v) is 3.21. The third-order valence-electron chi connectivity index (χ3n) is 2.18. The van der Waals surface area contributed by atoms with Crippen LogP contribution in [0, 0.1) is 6.92 Å². The molecule has 0 unspecified atom stereocenters. The molecule has 0 fully saturated rings. The summed E-state index contributed by atoms with van der Waals surface area (Å²) in [6.45, 7) is 2.65. The van der Waals surface area contributed by atoms with E-state index in [0.29, 0.717) is 11.6 Å². The minimum Gasteiger partial charge on any atom is -0.369 e. The van der Waals surface area contributed by atoms with E-state index in [1.54, 1.807) is 0 Å². The van der Waals surface area contributed by atoms with Crippen LogP contribution >= 0.6 is 35.5 Å². The molecule has 114 valence electrons. The van der Waals surface area contributed by atoms with Crippen LogP contribution in [0.25, 0.3) is 0 Å². The average Bonchev–Trinajstić information content (AvgIpc) is 2.67. The van der Waals surface area contributed by atoms with Crippen molar-refractivity contribution in [2.45, 2.75) is 24.0 Å². The quantitative estimate of drug-likeness (QED) is 0.491. The first-order valence-electron chi connectivity index (χ1n) is 5.86. The van der Waals surface area contributed by atoms with Crippen molar-refractivity contribution in [3.05, 3.63) is 5.69 Å². The van der Waals surface area contributed by atoms with Crippen molar-refractivity contribution in [3.8, 4) is 0 Å². The molecule has 6 nitrogen and oxygen atoms in total. The number of carbonyl (C=O) groups excluding carboxylic acids is 2. The van der Waals surface area contributed by atoms with Gasteiger partial charge in [0.1, 0.15) is 0 Å². The van der Waals surface area contributed by atoms with Crippen LogP contribution in [-0.4, -0.2) is 36.1 Å². The van der Waals surface area contributed by atoms with Gasteiger partial charge in [-0.3, -0.25) is 9.59 Å². The Kier molecular flexibility index (Phi) is 9.56. The highest BCUT2D eigenvalue weighted by Gasteiger charge is 2.11. The van der Waals surface area contributed by atoms with Gasteiger partial charge in [-0.25, -0.2) is 4.98 Å². The number of thiazole rings is 1. The number of nitrogens with one attached hydrogen (secondary N) is 2. The lowest BCUT2D eigenvalue weighted by Crippen LogP contribution is -2.15. The number of primary amides is 1. The predicted octanol–water partition coefficient (Wildman–Crippen LogP) is 1.39. The summed E-state index contributed by atoms with van der Waals surface area (Å²) >= 11 is 2.71. The van der Waals surface area contributed by atoms with Crippen molar-refractivity contribution < 1.29 is 9.59 Å². The van der Waals surface area contributed by atoms with Gasteiger partial charge >= 0.3 is 0 Å². The lowest BCUT2D eigenvalue weighted by Gasteiger charge is -2.00. The van der Waals surface area contributed by atoms with Gasteiger partial charge in [0.15, 0.2) is 5.13 Å². The Balaban J connectivity index is 0.00000361. The molecule has 0 saturated carbocycles. The van der Waals surface area contributed by atoms with Gasteiger partial charge in [-0.15, -0.1) is 24.2 Å². The number of carbonyl (C=O) groups is 2. The number of nitrogens with two attached hydrogens (primary N) is 1. The van der Waals surface area contributed by atoms with Gasteiger partial charge in [-0.05, 0) is 26.9 Å². The maximum absolute atomic E-state index is 11.6. The van der Waals surface area contributed by atoms with Gasteiger partial charge in [0, 0.05) is 6.42 Å². The molecular formula is C11H19ClN4O2S2. The summed E-state index contributed by atoms with van der Waals surface area (Å²) in [4.78, 5) is 26.6. The van der Waals surface area contributed by atoms with Crippen molar-refractivity contribution in [2.75, 3.05) is 24.7 Å². The summed E-state index contributed by atoms with van der Waals surface area (Å²) in [5.74, 6) is -0.190. The molecule has 0 aliphatic rings. The van der Waals surface area contributed by atoms with Crippen LogP contribution in [0.2, 0.25) is 0 Å². The molecule has 1 heterocycles. The second-order valence-electron chi connectivity index (χ2n) is 3.90. The smallest absolute Gasteiger partial charge is 0.227 e. The zero-order valence-corrected chi connectivity index (χ0v) is 13.8. The van der Waals surface area contributed by atoms with Gasteiger partial charge in [-0.1, -0.05) is 11.3 Å². The SMILES string of the molecule is CNCCCC(=O)Nc1nc(C)c(SCC(N)=O)s1.Cl. The largest absolute Gasteiger partial charge is 0.369 e. The molecule has 9 heteroatoms. The number of aromatic nitrogens is 1. The first-order valence-corrected chi connectivity index (χ1v) is 7.66. The van der Waals surface area contributed by atoms with Crippen LogP contribution < -0.4 is 16.4 Å². The summed E-state index contributed by atoms with van der Waals surface area (Å²) in [6, 6.07) is 0. The first-order chi connectivity index (χ1) is 9.02. The normalized spacial score (nSPS) is 9.90. The lowest BCUT2D eigenvalue weighted by atomic mass is 10.3. The Morgan fingerprint density at radius 3 is 2.75 bits per heavy atom. The summed E-state index contributed by atoms with van der Waals surface area (Å²) in [5.41, 5.74) is 5.90. The Labute approximate surface area is 132 Å². The number of rotatable bonds is 8. The number of thioether (sulfide) groups is 1. The summed E-state index contributed by atoms with van der Waals surface area (Å²) < 4.78 is 0.907. The van der Waals surface area contributed by atoms with E-state index >= 15 is 0 Å². The highest BCUT2D eigenvalue weighted by Crippen LogP contribution is 2.31. The van der Waals surface area contributed by atoms with Gasteiger partial charge in [0.05, 0.1) is 15.7 Å². The number of amides is 2. The molecule has 0 saturated heterocycles. The number of halogens is 1. The zero-order chi connectivity index (χ0) is 14.3. The van der Waals surface area contributed by atoms with Gasteiger partial charge < -0.3 is 16.4 Å². The Morgan fingerprint density at radius 1 is 1.45 bits per heavy atom. The van der Waals surface area contributed by atoms with E-state index in [9.17, 15) is 9.59 Å². The van der Waals surface area contributed by atoms with Crippen molar-refractivity contribution in [3.63, 3.8) is 0 Å². The highest BCUT2D eigenvalue weighted by molar-refractivity contribution is 8.01. The topological polar surface area (TPSA) is 97.1 Å². The van der Waals surface area contributed by atoms with Crippen molar-refractivity contribution in [1.82, 2.24) is 10.3 Å². The Bertz CT molecular complexity index is 454. The standard InChI is InChI=1S/C11H18N4O2S2.ClH/c1-7-10(18-6-8(12)16)19-11(14-7)15-9(17)4-3-5-13-2;/h13H,3-6H2,1-2H3,(H2,12,16)(H,14,15,17);1H. The van der Waals surface area contributed by atoms with E-state index in [1.807, 2.05) is 14.0 Å². The molecule has 2 amide bonds. The highest BCUT2D eigenvalue weighted by atomic mass is 35.5. The zero-order valence-electron chi connectivity index (χ0n) is 11.4. The molecule has 0 aromatic carbocycles. The molecule has 4 N–H and O–H groups in total. The number of hydrogen-bond donors (Lipinski definition) is 3. The van der Waals surface area contributed by atoms with Crippen molar-refractivity contribution in [2.24, 2.45) is 5.73 Å². The minimum absolute atomic E-state index is 0. The molecule has 0 aliphatic heterocycles. The number of hydrogen-bond acceptors (Lipinski definition) is 6. The van der Waals surface area contributed by atoms with Crippen LogP contribution in [0.1, 0.15) is 18.5 Å². The molecule has 0 bridgehead atoms. The first kappa shape index (κ1) is 19.2. The molecule has 0 aliphatic carbocycles. The number of aryl methyl sites for hydroxylation is 1. The van der Waals surface area contributed by atoms with E-state index in [2.05, 4.69) is 15.6 Å². The van der Waals surface area contributed by atoms with E-state index in [4.69, 9.17) is 5.73 Å². The molecular weight excluding hydrogens is 320 g/mol. The van der Waals surface area contributed by atoms with Crippen molar-refractivity contribution in [1.29, 1.82) is 0 Å². The van der Waals surface area contributed by atoms with Crippen LogP contribution in [0.3, 0.4) is 0 Å². The van der Waals surface area contributed by atoms with E-state index in [0.717, 1.165) is 22.9 Å². The summed E-state index contributed by atoms with van der Waals surface area (Å²) in [7, 11) is 1.85. The van der Waals surface area contributed by atoms with Gasteiger partial charge in [0.25, 0.3) is 0 Å². The minimum atomic E-state index is -0.365.